The van der Waals surface area contributed by atoms with Crippen molar-refractivity contribution in [3.8, 4) is 0 Å². The summed E-state index contributed by atoms with van der Waals surface area (Å²) in [5.74, 6) is -1.04. The van der Waals surface area contributed by atoms with E-state index in [0.29, 0.717) is 6.54 Å². The summed E-state index contributed by atoms with van der Waals surface area (Å²) in [5, 5.41) is 11.8. The van der Waals surface area contributed by atoms with Crippen LogP contribution in [0.15, 0.2) is 28.7 Å². The Morgan fingerprint density at radius 1 is 1.33 bits per heavy atom. The Bertz CT molecular complexity index is 526. The predicted octanol–water partition coefficient (Wildman–Crippen LogP) is 3.09. The smallest absolute Gasteiger partial charge is 0.326 e. The van der Waals surface area contributed by atoms with Crippen LogP contribution in [-0.2, 0) is 11.3 Å². The van der Waals surface area contributed by atoms with E-state index in [1.165, 1.54) is 4.90 Å². The summed E-state index contributed by atoms with van der Waals surface area (Å²) in [6.45, 7) is 5.73. The molecule has 2 amide bonds. The van der Waals surface area contributed by atoms with Crippen LogP contribution in [0.4, 0.5) is 4.79 Å². The molecule has 0 aromatic heterocycles. The minimum Gasteiger partial charge on any atom is -0.480 e. The average molecular weight is 357 g/mol. The van der Waals surface area contributed by atoms with Gasteiger partial charge >= 0.3 is 12.0 Å². The molecule has 1 unspecified atom stereocenters. The van der Waals surface area contributed by atoms with Crippen molar-refractivity contribution in [1.82, 2.24) is 10.2 Å². The van der Waals surface area contributed by atoms with Crippen molar-refractivity contribution >= 4 is 27.9 Å². The number of hydrogen-bond acceptors (Lipinski definition) is 2. The maximum Gasteiger partial charge on any atom is 0.326 e. The first-order valence-corrected chi connectivity index (χ1v) is 7.40. The lowest BCUT2D eigenvalue weighted by Crippen LogP contribution is -2.52. The highest BCUT2D eigenvalue weighted by atomic mass is 79.9. The van der Waals surface area contributed by atoms with E-state index in [1.54, 1.807) is 27.8 Å². The first-order chi connectivity index (χ1) is 9.62. The van der Waals surface area contributed by atoms with E-state index in [4.69, 9.17) is 0 Å². The molecule has 5 nitrogen and oxygen atoms in total. The monoisotopic (exact) mass is 356 g/mol. The standard InChI is InChI=1S/C15H21BrN2O3/c1-15(2,3)12(13(19)20)17-14(21)18(4)9-10-7-5-6-8-11(10)16/h5-8,12H,9H2,1-4H3,(H,17,21)(H,19,20). The van der Waals surface area contributed by atoms with Crippen molar-refractivity contribution in [1.29, 1.82) is 0 Å². The van der Waals surface area contributed by atoms with Crippen LogP contribution in [0.25, 0.3) is 0 Å². The molecule has 0 aliphatic rings. The van der Waals surface area contributed by atoms with Crippen LogP contribution in [0.1, 0.15) is 26.3 Å². The lowest BCUT2D eigenvalue weighted by atomic mass is 9.87. The van der Waals surface area contributed by atoms with Gasteiger partial charge in [-0.1, -0.05) is 54.9 Å². The van der Waals surface area contributed by atoms with Crippen LogP contribution >= 0.6 is 15.9 Å². The van der Waals surface area contributed by atoms with Crippen molar-refractivity contribution in [2.75, 3.05) is 7.05 Å². The fraction of sp³-hybridized carbons (Fsp3) is 0.467. The summed E-state index contributed by atoms with van der Waals surface area (Å²) in [6.07, 6.45) is 0. The number of nitrogens with one attached hydrogen (secondary N) is 1. The van der Waals surface area contributed by atoms with Gasteiger partial charge in [0.2, 0.25) is 0 Å². The molecular weight excluding hydrogens is 336 g/mol. The van der Waals surface area contributed by atoms with Crippen LogP contribution in [0.2, 0.25) is 0 Å². The van der Waals surface area contributed by atoms with Crippen molar-refractivity contribution < 1.29 is 14.7 Å². The van der Waals surface area contributed by atoms with E-state index in [9.17, 15) is 14.7 Å². The Morgan fingerprint density at radius 3 is 2.38 bits per heavy atom. The van der Waals surface area contributed by atoms with E-state index < -0.39 is 23.5 Å². The predicted molar refractivity (Wildman–Crippen MR) is 85.0 cm³/mol. The highest BCUT2D eigenvalue weighted by Gasteiger charge is 2.33. The molecule has 116 valence electrons. The Balaban J connectivity index is 2.75. The number of aliphatic carboxylic acids is 1. The SMILES string of the molecule is CN(Cc1ccccc1Br)C(=O)NC(C(=O)O)C(C)(C)C. The third kappa shape index (κ3) is 5.04. The van der Waals surface area contributed by atoms with Gasteiger partial charge in [-0.25, -0.2) is 9.59 Å². The number of carbonyl (C=O) groups excluding carboxylic acids is 1. The molecule has 1 aromatic carbocycles. The van der Waals surface area contributed by atoms with Gasteiger partial charge in [0, 0.05) is 18.1 Å². The molecule has 0 heterocycles. The molecule has 0 saturated heterocycles. The first kappa shape index (κ1) is 17.5. The normalized spacial score (nSPS) is 12.6. The number of halogens is 1. The van der Waals surface area contributed by atoms with Crippen LogP contribution in [0, 0.1) is 5.41 Å². The molecule has 0 aliphatic carbocycles. The van der Waals surface area contributed by atoms with E-state index in [0.717, 1.165) is 10.0 Å². The largest absolute Gasteiger partial charge is 0.480 e. The number of hydrogen-bond donors (Lipinski definition) is 2. The minimum atomic E-state index is -1.04. The van der Waals surface area contributed by atoms with E-state index in [-0.39, 0.29) is 0 Å². The highest BCUT2D eigenvalue weighted by Crippen LogP contribution is 2.20. The number of carboxylic acids is 1. The van der Waals surface area contributed by atoms with Gasteiger partial charge in [0.25, 0.3) is 0 Å². The molecule has 0 saturated carbocycles. The zero-order chi connectivity index (χ0) is 16.2. The molecule has 1 atom stereocenters. The quantitative estimate of drug-likeness (QED) is 0.870. The van der Waals surface area contributed by atoms with Gasteiger partial charge in [-0.15, -0.1) is 0 Å². The Labute approximate surface area is 133 Å². The summed E-state index contributed by atoms with van der Waals surface area (Å²) < 4.78 is 0.912. The van der Waals surface area contributed by atoms with Gasteiger partial charge in [0.05, 0.1) is 0 Å². The molecule has 2 N–H and O–H groups in total. The second-order valence-corrected chi connectivity index (χ2v) is 6.89. The summed E-state index contributed by atoms with van der Waals surface area (Å²) in [6, 6.07) is 6.25. The fourth-order valence-corrected chi connectivity index (χ4v) is 2.25. The van der Waals surface area contributed by atoms with Crippen molar-refractivity contribution in [2.24, 2.45) is 5.41 Å². The average Bonchev–Trinajstić information content (AvgIpc) is 2.36. The highest BCUT2D eigenvalue weighted by molar-refractivity contribution is 9.10. The molecule has 21 heavy (non-hydrogen) atoms. The third-order valence-electron chi connectivity index (χ3n) is 3.09. The number of carbonyl (C=O) groups is 2. The van der Waals surface area contributed by atoms with Gasteiger partial charge in [-0.05, 0) is 17.0 Å². The first-order valence-electron chi connectivity index (χ1n) is 6.60. The van der Waals surface area contributed by atoms with Crippen molar-refractivity contribution in [2.45, 2.75) is 33.4 Å². The summed E-state index contributed by atoms with van der Waals surface area (Å²) in [5.41, 5.74) is 0.396. The van der Waals surface area contributed by atoms with Gasteiger partial charge in [0.1, 0.15) is 6.04 Å². The molecule has 0 radical (unpaired) electrons. The van der Waals surface area contributed by atoms with Gasteiger partial charge < -0.3 is 15.3 Å². The van der Waals surface area contributed by atoms with Crippen LogP contribution in [0.5, 0.6) is 0 Å². The molecule has 0 spiro atoms. The third-order valence-corrected chi connectivity index (χ3v) is 3.87. The van der Waals surface area contributed by atoms with Crippen LogP contribution in [-0.4, -0.2) is 35.1 Å². The Hall–Kier alpha value is -1.56. The van der Waals surface area contributed by atoms with Crippen LogP contribution in [0.3, 0.4) is 0 Å². The second kappa shape index (κ2) is 6.93. The number of urea groups is 1. The van der Waals surface area contributed by atoms with Gasteiger partial charge in [0.15, 0.2) is 0 Å². The molecule has 0 fully saturated rings. The molecule has 0 aliphatic heterocycles. The number of nitrogens with zero attached hydrogens (tertiary/aromatic N) is 1. The van der Waals surface area contributed by atoms with Crippen molar-refractivity contribution in [3.05, 3.63) is 34.3 Å². The second-order valence-electron chi connectivity index (χ2n) is 6.03. The van der Waals surface area contributed by atoms with Gasteiger partial charge in [-0.2, -0.15) is 0 Å². The molecule has 0 bridgehead atoms. The minimum absolute atomic E-state index is 0.393. The van der Waals surface area contributed by atoms with Crippen molar-refractivity contribution in [3.63, 3.8) is 0 Å². The summed E-state index contributed by atoms with van der Waals surface area (Å²) in [4.78, 5) is 24.9. The lowest BCUT2D eigenvalue weighted by molar-refractivity contribution is -0.142. The number of rotatable bonds is 4. The maximum atomic E-state index is 12.2. The Morgan fingerprint density at radius 2 is 1.90 bits per heavy atom. The molecule has 1 rings (SSSR count). The van der Waals surface area contributed by atoms with E-state index >= 15 is 0 Å². The molecule has 6 heteroatoms. The van der Waals surface area contributed by atoms with Gasteiger partial charge in [-0.3, -0.25) is 0 Å². The fourth-order valence-electron chi connectivity index (χ4n) is 1.84. The maximum absolute atomic E-state index is 12.2. The van der Waals surface area contributed by atoms with E-state index in [1.807, 2.05) is 24.3 Å². The zero-order valence-corrected chi connectivity index (χ0v) is 14.3. The van der Waals surface area contributed by atoms with E-state index in [2.05, 4.69) is 21.2 Å². The topological polar surface area (TPSA) is 69.6 Å². The summed E-state index contributed by atoms with van der Waals surface area (Å²) >= 11 is 3.43. The number of benzene rings is 1. The van der Waals surface area contributed by atoms with Crippen LogP contribution < -0.4 is 5.32 Å². The number of carboxylic acid groups (broad SMARTS) is 1. The number of amides is 2. The Kier molecular flexibility index (Phi) is 5.78. The zero-order valence-electron chi connectivity index (χ0n) is 12.7. The molecular formula is C15H21BrN2O3. The lowest BCUT2D eigenvalue weighted by Gasteiger charge is -2.30. The summed E-state index contributed by atoms with van der Waals surface area (Å²) in [7, 11) is 1.64. The molecule has 1 aromatic rings.